The van der Waals surface area contributed by atoms with Crippen LogP contribution in [0.4, 0.5) is 0 Å². The zero-order valence-corrected chi connectivity index (χ0v) is 13.6. The number of para-hydroxylation sites is 1. The summed E-state index contributed by atoms with van der Waals surface area (Å²) in [7, 11) is 1.49. The Kier molecular flexibility index (Phi) is 4.27. The van der Waals surface area contributed by atoms with Gasteiger partial charge >= 0.3 is 5.97 Å². The zero-order valence-electron chi connectivity index (χ0n) is 13.6. The molecule has 1 aromatic heterocycles. The number of ether oxygens (including phenoxy) is 2. The van der Waals surface area contributed by atoms with Gasteiger partial charge in [0.2, 0.25) is 0 Å². The van der Waals surface area contributed by atoms with Crippen molar-refractivity contribution in [2.75, 3.05) is 7.05 Å². The van der Waals surface area contributed by atoms with Crippen molar-refractivity contribution in [2.45, 2.75) is 13.2 Å². The number of aromatic nitrogens is 1. The standard InChI is InChI=1S/C18H15N3O4/c1-11-7-16(25-18(11)23)24-10-15(17(22)20-2)21-9-12(8-19)13-5-3-4-6-14(13)21/h3-7,9-10,16H,1-2H3,(H,20,22). The number of esters is 1. The fourth-order valence-electron chi connectivity index (χ4n) is 2.52. The van der Waals surface area contributed by atoms with Crippen LogP contribution in [0.15, 0.2) is 48.4 Å². The van der Waals surface area contributed by atoms with Crippen LogP contribution in [0.3, 0.4) is 0 Å². The van der Waals surface area contributed by atoms with Crippen LogP contribution in [0.1, 0.15) is 12.5 Å². The highest BCUT2D eigenvalue weighted by Crippen LogP contribution is 2.24. The van der Waals surface area contributed by atoms with Gasteiger partial charge in [-0.15, -0.1) is 0 Å². The van der Waals surface area contributed by atoms with Gasteiger partial charge in [-0.3, -0.25) is 4.79 Å². The van der Waals surface area contributed by atoms with E-state index in [0.717, 1.165) is 5.39 Å². The van der Waals surface area contributed by atoms with Crippen molar-refractivity contribution in [1.82, 2.24) is 9.88 Å². The van der Waals surface area contributed by atoms with Gasteiger partial charge in [-0.2, -0.15) is 5.26 Å². The van der Waals surface area contributed by atoms with E-state index in [1.165, 1.54) is 19.4 Å². The van der Waals surface area contributed by atoms with Gasteiger partial charge in [-0.1, -0.05) is 18.2 Å². The van der Waals surface area contributed by atoms with Crippen LogP contribution < -0.4 is 5.32 Å². The van der Waals surface area contributed by atoms with Gasteiger partial charge < -0.3 is 19.4 Å². The maximum absolute atomic E-state index is 12.3. The number of amides is 1. The first-order valence-corrected chi connectivity index (χ1v) is 7.53. The van der Waals surface area contributed by atoms with Crippen LogP contribution >= 0.6 is 0 Å². The highest BCUT2D eigenvalue weighted by atomic mass is 16.7. The lowest BCUT2D eigenvalue weighted by molar-refractivity contribution is -0.152. The van der Waals surface area contributed by atoms with Gasteiger partial charge in [0, 0.05) is 30.3 Å². The molecule has 25 heavy (non-hydrogen) atoms. The number of carbonyl (C=O) groups excluding carboxylic acids is 2. The number of hydrogen-bond acceptors (Lipinski definition) is 5. The van der Waals surface area contributed by atoms with E-state index >= 15 is 0 Å². The Bertz CT molecular complexity index is 962. The maximum atomic E-state index is 12.3. The van der Waals surface area contributed by atoms with E-state index in [1.54, 1.807) is 29.8 Å². The summed E-state index contributed by atoms with van der Waals surface area (Å²) >= 11 is 0. The Morgan fingerprint density at radius 2 is 2.20 bits per heavy atom. The van der Waals surface area contributed by atoms with Crippen molar-refractivity contribution in [3.8, 4) is 6.07 Å². The van der Waals surface area contributed by atoms with Crippen LogP contribution in [0.25, 0.3) is 16.6 Å². The largest absolute Gasteiger partial charge is 0.456 e. The molecule has 0 spiro atoms. The monoisotopic (exact) mass is 337 g/mol. The zero-order chi connectivity index (χ0) is 18.0. The Morgan fingerprint density at radius 1 is 1.44 bits per heavy atom. The van der Waals surface area contributed by atoms with Crippen LogP contribution in [-0.2, 0) is 19.1 Å². The molecule has 1 unspecified atom stereocenters. The quantitative estimate of drug-likeness (QED) is 0.522. The van der Waals surface area contributed by atoms with Crippen molar-refractivity contribution < 1.29 is 19.1 Å². The Morgan fingerprint density at radius 3 is 2.84 bits per heavy atom. The Balaban J connectivity index is 2.03. The van der Waals surface area contributed by atoms with E-state index in [1.807, 2.05) is 12.1 Å². The van der Waals surface area contributed by atoms with Crippen molar-refractivity contribution in [1.29, 1.82) is 5.26 Å². The fraction of sp³-hybridized carbons (Fsp3) is 0.167. The smallest absolute Gasteiger partial charge is 0.336 e. The lowest BCUT2D eigenvalue weighted by Gasteiger charge is -2.12. The molecule has 0 bridgehead atoms. The van der Waals surface area contributed by atoms with Crippen LogP contribution in [0.5, 0.6) is 0 Å². The molecule has 1 aliphatic heterocycles. The third-order valence-corrected chi connectivity index (χ3v) is 3.80. The number of fused-ring (bicyclic) bond motifs is 1. The number of hydrogen-bond donors (Lipinski definition) is 1. The number of benzene rings is 1. The molecule has 2 aromatic rings. The van der Waals surface area contributed by atoms with Gasteiger partial charge in [0.05, 0.1) is 11.1 Å². The highest BCUT2D eigenvalue weighted by Gasteiger charge is 2.23. The molecule has 1 aliphatic rings. The first-order chi connectivity index (χ1) is 12.0. The molecule has 7 nitrogen and oxygen atoms in total. The predicted molar refractivity (Wildman–Crippen MR) is 89.7 cm³/mol. The molecule has 2 heterocycles. The number of rotatable bonds is 4. The van der Waals surface area contributed by atoms with E-state index in [9.17, 15) is 14.9 Å². The number of nitriles is 1. The summed E-state index contributed by atoms with van der Waals surface area (Å²) in [5.41, 5.74) is 1.73. The number of nitrogens with zero attached hydrogens (tertiary/aromatic N) is 2. The maximum Gasteiger partial charge on any atom is 0.336 e. The summed E-state index contributed by atoms with van der Waals surface area (Å²) in [6.45, 7) is 1.62. The molecule has 1 aromatic carbocycles. The van der Waals surface area contributed by atoms with E-state index < -0.39 is 18.2 Å². The third-order valence-electron chi connectivity index (χ3n) is 3.80. The minimum Gasteiger partial charge on any atom is -0.456 e. The van der Waals surface area contributed by atoms with Gasteiger partial charge in [0.25, 0.3) is 12.2 Å². The van der Waals surface area contributed by atoms with E-state index in [-0.39, 0.29) is 5.70 Å². The minimum atomic E-state index is -0.885. The molecule has 1 N–H and O–H groups in total. The van der Waals surface area contributed by atoms with Crippen molar-refractivity contribution in [3.05, 3.63) is 53.9 Å². The normalized spacial score (nSPS) is 17.0. The first kappa shape index (κ1) is 16.3. The number of cyclic esters (lactones) is 1. The average Bonchev–Trinajstić information content (AvgIpc) is 3.15. The van der Waals surface area contributed by atoms with E-state index in [2.05, 4.69) is 11.4 Å². The second kappa shape index (κ2) is 6.53. The number of nitrogens with one attached hydrogen (secondary N) is 1. The second-order valence-corrected chi connectivity index (χ2v) is 5.38. The highest BCUT2D eigenvalue weighted by molar-refractivity contribution is 6.15. The van der Waals surface area contributed by atoms with E-state index in [4.69, 9.17) is 9.47 Å². The average molecular weight is 337 g/mol. The predicted octanol–water partition coefficient (Wildman–Crippen LogP) is 1.90. The molecule has 0 saturated heterocycles. The molecule has 0 radical (unpaired) electrons. The topological polar surface area (TPSA) is 93.3 Å². The molecule has 3 rings (SSSR count). The molecule has 1 amide bonds. The first-order valence-electron chi connectivity index (χ1n) is 7.53. The number of carbonyl (C=O) groups is 2. The van der Waals surface area contributed by atoms with Crippen molar-refractivity contribution in [2.24, 2.45) is 0 Å². The van der Waals surface area contributed by atoms with Crippen molar-refractivity contribution in [3.63, 3.8) is 0 Å². The van der Waals surface area contributed by atoms with Crippen LogP contribution in [-0.4, -0.2) is 29.8 Å². The second-order valence-electron chi connectivity index (χ2n) is 5.38. The third kappa shape index (κ3) is 2.97. The summed E-state index contributed by atoms with van der Waals surface area (Å²) in [6.07, 6.45) is 3.43. The lowest BCUT2D eigenvalue weighted by atomic mass is 10.2. The van der Waals surface area contributed by atoms with Gasteiger partial charge in [0.1, 0.15) is 18.0 Å². The molecule has 126 valence electrons. The fourth-order valence-corrected chi connectivity index (χ4v) is 2.52. The summed E-state index contributed by atoms with van der Waals surface area (Å²) < 4.78 is 12.0. The van der Waals surface area contributed by atoms with E-state index in [0.29, 0.717) is 16.7 Å². The van der Waals surface area contributed by atoms with Gasteiger partial charge in [0.15, 0.2) is 0 Å². The molecule has 0 saturated carbocycles. The lowest BCUT2D eigenvalue weighted by Crippen LogP contribution is -2.23. The molecule has 1 atom stereocenters. The van der Waals surface area contributed by atoms with Crippen LogP contribution in [0, 0.1) is 11.3 Å². The minimum absolute atomic E-state index is 0.161. The summed E-state index contributed by atoms with van der Waals surface area (Å²) in [5, 5.41) is 12.6. The Labute approximate surface area is 143 Å². The molecular weight excluding hydrogens is 322 g/mol. The SMILES string of the molecule is CNC(=O)C(=COC1C=C(C)C(=O)O1)n1cc(C#N)c2ccccc21. The molecular formula is C18H15N3O4. The van der Waals surface area contributed by atoms with Gasteiger partial charge in [-0.05, 0) is 13.0 Å². The molecule has 0 fully saturated rings. The number of likely N-dealkylation sites (N-methyl/N-ethyl adjacent to an activating group) is 1. The van der Waals surface area contributed by atoms with Crippen LogP contribution in [0.2, 0.25) is 0 Å². The van der Waals surface area contributed by atoms with Gasteiger partial charge in [-0.25, -0.2) is 4.79 Å². The molecule has 7 heteroatoms. The van der Waals surface area contributed by atoms with Crippen molar-refractivity contribution >= 4 is 28.5 Å². The Hall–Kier alpha value is -3.53. The molecule has 0 aliphatic carbocycles. The summed E-state index contributed by atoms with van der Waals surface area (Å²) in [5.74, 6) is -0.867. The summed E-state index contributed by atoms with van der Waals surface area (Å²) in [6, 6.07) is 9.34. The summed E-state index contributed by atoms with van der Waals surface area (Å²) in [4.78, 5) is 23.7.